The molecule has 0 bridgehead atoms. The number of pyridine rings is 1. The molecule has 9 heteroatoms. The molecule has 0 saturated carbocycles. The first-order valence-corrected chi connectivity index (χ1v) is 9.66. The Labute approximate surface area is 141 Å². The van der Waals surface area contributed by atoms with Crippen molar-refractivity contribution in [3.8, 4) is 0 Å². The van der Waals surface area contributed by atoms with Crippen molar-refractivity contribution in [1.29, 1.82) is 0 Å². The number of benzene rings is 1. The first-order valence-electron chi connectivity index (χ1n) is 6.58. The molecule has 0 saturated heterocycles. The molecule has 0 radical (unpaired) electrons. The minimum absolute atomic E-state index is 0.00222. The van der Waals surface area contributed by atoms with E-state index in [1.807, 2.05) is 0 Å². The van der Waals surface area contributed by atoms with Crippen molar-refractivity contribution in [2.45, 2.75) is 11.3 Å². The van der Waals surface area contributed by atoms with Gasteiger partial charge < -0.3 is 4.74 Å². The Morgan fingerprint density at radius 3 is 2.70 bits per heavy atom. The third kappa shape index (κ3) is 2.77. The first kappa shape index (κ1) is 16.1. The molecule has 3 aromatic rings. The lowest BCUT2D eigenvalue weighted by Gasteiger charge is -2.07. The number of halogens is 1. The Kier molecular flexibility index (Phi) is 3.99. The lowest BCUT2D eigenvalue weighted by molar-refractivity contribution is 0.0526. The monoisotopic (exact) mass is 370 g/mol. The van der Waals surface area contributed by atoms with Crippen LogP contribution in [0.3, 0.4) is 0 Å². The second-order valence-electron chi connectivity index (χ2n) is 4.77. The number of nitrogens with zero attached hydrogens (tertiary/aromatic N) is 2. The molecule has 0 amide bonds. The largest absolute Gasteiger partial charge is 0.462 e. The van der Waals surface area contributed by atoms with Gasteiger partial charge >= 0.3 is 5.97 Å². The zero-order chi connectivity index (χ0) is 16.8. The summed E-state index contributed by atoms with van der Waals surface area (Å²) in [6, 6.07) is 3.36. The second kappa shape index (κ2) is 5.70. The van der Waals surface area contributed by atoms with Crippen molar-refractivity contribution in [1.82, 2.24) is 9.97 Å². The van der Waals surface area contributed by atoms with Crippen molar-refractivity contribution in [3.05, 3.63) is 28.9 Å². The number of hydrogen-bond donors (Lipinski definition) is 0. The third-order valence-corrected chi connectivity index (χ3v) is 6.28. The van der Waals surface area contributed by atoms with Gasteiger partial charge in [0.05, 0.1) is 32.9 Å². The van der Waals surface area contributed by atoms with E-state index < -0.39 is 15.8 Å². The van der Waals surface area contributed by atoms with E-state index in [0.717, 1.165) is 17.6 Å². The topological polar surface area (TPSA) is 86.2 Å². The molecule has 0 fully saturated rings. The summed E-state index contributed by atoms with van der Waals surface area (Å²) in [5.41, 5.74) is 1.19. The highest BCUT2D eigenvalue weighted by Gasteiger charge is 2.20. The number of hydrogen-bond acceptors (Lipinski definition) is 7. The van der Waals surface area contributed by atoms with Crippen LogP contribution in [-0.4, -0.2) is 37.2 Å². The number of ether oxygens (including phenoxy) is 1. The summed E-state index contributed by atoms with van der Waals surface area (Å²) in [6.45, 7) is 1.91. The molecule has 3 rings (SSSR count). The number of thiazole rings is 1. The summed E-state index contributed by atoms with van der Waals surface area (Å²) < 4.78 is 28.9. The first-order chi connectivity index (χ1) is 10.8. The lowest BCUT2D eigenvalue weighted by atomic mass is 10.1. The lowest BCUT2D eigenvalue weighted by Crippen LogP contribution is -2.06. The van der Waals surface area contributed by atoms with Gasteiger partial charge in [-0.1, -0.05) is 11.6 Å². The Bertz CT molecular complexity index is 1040. The molecule has 2 aromatic heterocycles. The number of rotatable bonds is 3. The number of carbonyl (C=O) groups is 1. The standard InChI is InChI=1S/C14H11ClN2O4S2/c1-3-21-13(18)7-6-16-8-4-5-9-12(10(8)11(7)15)22-14(17-9)23(2,19)20/h4-6H,3H2,1-2H3. The molecule has 1 aromatic carbocycles. The maximum Gasteiger partial charge on any atom is 0.341 e. The SMILES string of the molecule is CCOC(=O)c1cnc2ccc3nc(S(C)(=O)=O)sc3c2c1Cl. The fourth-order valence-corrected chi connectivity index (χ4v) is 4.45. The van der Waals surface area contributed by atoms with Crippen LogP contribution in [0.25, 0.3) is 21.1 Å². The highest BCUT2D eigenvalue weighted by atomic mass is 35.5. The zero-order valence-electron chi connectivity index (χ0n) is 12.2. The Balaban J connectivity index is 2.36. The van der Waals surface area contributed by atoms with Crippen LogP contribution >= 0.6 is 22.9 Å². The second-order valence-corrected chi connectivity index (χ2v) is 8.33. The van der Waals surface area contributed by atoms with Gasteiger partial charge in [-0.2, -0.15) is 0 Å². The average Bonchev–Trinajstić information content (AvgIpc) is 2.91. The summed E-state index contributed by atoms with van der Waals surface area (Å²) in [5, 5.41) is 0.685. The van der Waals surface area contributed by atoms with Crippen LogP contribution in [0, 0.1) is 0 Å². The van der Waals surface area contributed by atoms with Crippen molar-refractivity contribution >= 4 is 59.9 Å². The summed E-state index contributed by atoms with van der Waals surface area (Å²) in [4.78, 5) is 20.3. The molecule has 120 valence electrons. The van der Waals surface area contributed by atoms with Crippen molar-refractivity contribution < 1.29 is 17.9 Å². The Morgan fingerprint density at radius 2 is 2.04 bits per heavy atom. The normalized spacial score (nSPS) is 12.0. The van der Waals surface area contributed by atoms with Gasteiger partial charge in [-0.15, -0.1) is 11.3 Å². The molecule has 0 spiro atoms. The molecule has 0 aliphatic heterocycles. The van der Waals surface area contributed by atoms with E-state index in [4.69, 9.17) is 16.3 Å². The summed E-state index contributed by atoms with van der Waals surface area (Å²) in [7, 11) is -3.43. The Morgan fingerprint density at radius 1 is 1.35 bits per heavy atom. The van der Waals surface area contributed by atoms with E-state index in [0.29, 0.717) is 21.1 Å². The summed E-state index contributed by atoms with van der Waals surface area (Å²) in [5.74, 6) is -0.572. The quantitative estimate of drug-likeness (QED) is 0.658. The minimum Gasteiger partial charge on any atom is -0.462 e. The van der Waals surface area contributed by atoms with Gasteiger partial charge in [0, 0.05) is 17.8 Å². The van der Waals surface area contributed by atoms with E-state index in [2.05, 4.69) is 9.97 Å². The van der Waals surface area contributed by atoms with Gasteiger partial charge in [0.15, 0.2) is 0 Å². The van der Waals surface area contributed by atoms with Crippen LogP contribution < -0.4 is 0 Å². The van der Waals surface area contributed by atoms with E-state index in [-0.39, 0.29) is 21.5 Å². The highest BCUT2D eigenvalue weighted by molar-refractivity contribution is 7.92. The molecular formula is C14H11ClN2O4S2. The third-order valence-electron chi connectivity index (χ3n) is 3.12. The summed E-state index contributed by atoms with van der Waals surface area (Å²) in [6.07, 6.45) is 2.45. The van der Waals surface area contributed by atoms with Crippen molar-refractivity contribution in [3.63, 3.8) is 0 Å². The molecule has 0 aliphatic rings. The van der Waals surface area contributed by atoms with Crippen molar-refractivity contribution in [2.24, 2.45) is 0 Å². The fourth-order valence-electron chi connectivity index (χ4n) is 2.12. The maximum absolute atomic E-state index is 12.0. The van der Waals surface area contributed by atoms with E-state index in [1.54, 1.807) is 19.1 Å². The van der Waals surface area contributed by atoms with Crippen LogP contribution in [0.5, 0.6) is 0 Å². The van der Waals surface area contributed by atoms with Gasteiger partial charge in [-0.05, 0) is 19.1 Å². The van der Waals surface area contributed by atoms with Gasteiger partial charge in [0.1, 0.15) is 0 Å². The molecule has 0 atom stereocenters. The molecule has 2 heterocycles. The van der Waals surface area contributed by atoms with Gasteiger partial charge in [-0.3, -0.25) is 4.98 Å². The molecule has 23 heavy (non-hydrogen) atoms. The molecular weight excluding hydrogens is 360 g/mol. The highest BCUT2D eigenvalue weighted by Crippen LogP contribution is 2.36. The van der Waals surface area contributed by atoms with Crippen LogP contribution in [-0.2, 0) is 14.6 Å². The fraction of sp³-hybridized carbons (Fsp3) is 0.214. The maximum atomic E-state index is 12.0. The molecule has 0 aliphatic carbocycles. The zero-order valence-corrected chi connectivity index (χ0v) is 14.5. The van der Waals surface area contributed by atoms with E-state index in [1.165, 1.54) is 6.20 Å². The summed E-state index contributed by atoms with van der Waals surface area (Å²) >= 11 is 7.37. The van der Waals surface area contributed by atoms with E-state index >= 15 is 0 Å². The van der Waals surface area contributed by atoms with Gasteiger partial charge in [0.25, 0.3) is 0 Å². The van der Waals surface area contributed by atoms with Crippen LogP contribution in [0.4, 0.5) is 0 Å². The predicted octanol–water partition coefficient (Wildman–Crippen LogP) is 3.08. The number of carbonyl (C=O) groups excluding carboxylic acids is 1. The number of esters is 1. The molecule has 0 N–H and O–H groups in total. The number of sulfone groups is 1. The number of aromatic nitrogens is 2. The van der Waals surface area contributed by atoms with Crippen molar-refractivity contribution in [2.75, 3.05) is 12.9 Å². The van der Waals surface area contributed by atoms with E-state index in [9.17, 15) is 13.2 Å². The number of fused-ring (bicyclic) bond motifs is 3. The van der Waals surface area contributed by atoms with Gasteiger partial charge in [-0.25, -0.2) is 18.2 Å². The predicted molar refractivity (Wildman–Crippen MR) is 89.0 cm³/mol. The Hall–Kier alpha value is -1.77. The molecule has 6 nitrogen and oxygen atoms in total. The smallest absolute Gasteiger partial charge is 0.341 e. The van der Waals surface area contributed by atoms with Gasteiger partial charge in [0.2, 0.25) is 14.2 Å². The van der Waals surface area contributed by atoms with Crippen LogP contribution in [0.1, 0.15) is 17.3 Å². The minimum atomic E-state index is -3.43. The van der Waals surface area contributed by atoms with Crippen LogP contribution in [0.15, 0.2) is 22.7 Å². The van der Waals surface area contributed by atoms with Crippen LogP contribution in [0.2, 0.25) is 5.02 Å². The average molecular weight is 371 g/mol. The molecule has 0 unspecified atom stereocenters.